The normalized spacial score (nSPS) is 11.4. The minimum atomic E-state index is 0.263. The minimum Gasteiger partial charge on any atom is -0.506 e. The standard InChI is InChI=1S/C11H14N2O/c1-7(2)13-11-9(8(3)12-13)5-4-6-10(11)14/h4-7,14H,1-3H3. The van der Waals surface area contributed by atoms with Gasteiger partial charge in [0.15, 0.2) is 0 Å². The maximum absolute atomic E-state index is 9.75. The fourth-order valence-electron chi connectivity index (χ4n) is 1.70. The number of fused-ring (bicyclic) bond motifs is 1. The van der Waals surface area contributed by atoms with E-state index < -0.39 is 0 Å². The topological polar surface area (TPSA) is 38.0 Å². The first-order valence-electron chi connectivity index (χ1n) is 4.78. The van der Waals surface area contributed by atoms with E-state index in [2.05, 4.69) is 18.9 Å². The summed E-state index contributed by atoms with van der Waals surface area (Å²) in [5, 5.41) is 15.2. The van der Waals surface area contributed by atoms with Gasteiger partial charge < -0.3 is 5.11 Å². The summed E-state index contributed by atoms with van der Waals surface area (Å²) >= 11 is 0. The van der Waals surface area contributed by atoms with Crippen molar-refractivity contribution in [1.82, 2.24) is 9.78 Å². The van der Waals surface area contributed by atoms with Crippen molar-refractivity contribution in [3.05, 3.63) is 23.9 Å². The van der Waals surface area contributed by atoms with Crippen molar-refractivity contribution in [3.63, 3.8) is 0 Å². The van der Waals surface area contributed by atoms with Crippen molar-refractivity contribution < 1.29 is 5.11 Å². The molecule has 1 aromatic carbocycles. The van der Waals surface area contributed by atoms with Crippen LogP contribution in [0, 0.1) is 6.92 Å². The monoisotopic (exact) mass is 190 g/mol. The van der Waals surface area contributed by atoms with E-state index in [0.717, 1.165) is 16.6 Å². The first-order valence-corrected chi connectivity index (χ1v) is 4.78. The Morgan fingerprint density at radius 2 is 2.07 bits per heavy atom. The Balaban J connectivity index is 2.86. The summed E-state index contributed by atoms with van der Waals surface area (Å²) in [6.07, 6.45) is 0. The molecule has 2 rings (SSSR count). The zero-order valence-electron chi connectivity index (χ0n) is 8.65. The molecule has 1 heterocycles. The molecule has 2 aromatic rings. The van der Waals surface area contributed by atoms with Crippen LogP contribution in [0.2, 0.25) is 0 Å². The number of phenolic OH excluding ortho intramolecular Hbond substituents is 1. The lowest BCUT2D eigenvalue weighted by Crippen LogP contribution is -2.02. The molecular formula is C11H14N2O. The zero-order valence-corrected chi connectivity index (χ0v) is 8.65. The van der Waals surface area contributed by atoms with Gasteiger partial charge in [-0.15, -0.1) is 0 Å². The molecule has 0 fully saturated rings. The first-order chi connectivity index (χ1) is 6.61. The van der Waals surface area contributed by atoms with Gasteiger partial charge in [-0.3, -0.25) is 4.68 Å². The zero-order chi connectivity index (χ0) is 10.3. The Labute approximate surface area is 83.0 Å². The van der Waals surface area contributed by atoms with Gasteiger partial charge >= 0.3 is 0 Å². The van der Waals surface area contributed by atoms with E-state index in [9.17, 15) is 5.11 Å². The van der Waals surface area contributed by atoms with Gasteiger partial charge in [0.25, 0.3) is 0 Å². The number of hydrogen-bond donors (Lipinski definition) is 1. The van der Waals surface area contributed by atoms with Gasteiger partial charge in [-0.25, -0.2) is 0 Å². The van der Waals surface area contributed by atoms with Crippen molar-refractivity contribution in [3.8, 4) is 5.75 Å². The molecule has 0 spiro atoms. The average Bonchev–Trinajstić information content (AvgIpc) is 2.46. The van der Waals surface area contributed by atoms with E-state index in [0.29, 0.717) is 5.75 Å². The molecule has 0 radical (unpaired) electrons. The van der Waals surface area contributed by atoms with Crippen molar-refractivity contribution in [2.75, 3.05) is 0 Å². The number of aryl methyl sites for hydroxylation is 1. The highest BCUT2D eigenvalue weighted by atomic mass is 16.3. The summed E-state index contributed by atoms with van der Waals surface area (Å²) in [5.74, 6) is 0.303. The van der Waals surface area contributed by atoms with E-state index in [1.54, 1.807) is 6.07 Å². The number of hydrogen-bond acceptors (Lipinski definition) is 2. The molecule has 0 amide bonds. The van der Waals surface area contributed by atoms with E-state index >= 15 is 0 Å². The predicted molar refractivity (Wildman–Crippen MR) is 56.5 cm³/mol. The number of para-hydroxylation sites is 1. The van der Waals surface area contributed by atoms with Gasteiger partial charge in [0, 0.05) is 11.4 Å². The molecule has 1 N–H and O–H groups in total. The van der Waals surface area contributed by atoms with Crippen LogP contribution in [-0.2, 0) is 0 Å². The molecule has 0 unspecified atom stereocenters. The van der Waals surface area contributed by atoms with Crippen LogP contribution in [0.25, 0.3) is 10.9 Å². The number of rotatable bonds is 1. The summed E-state index contributed by atoms with van der Waals surface area (Å²) in [4.78, 5) is 0. The van der Waals surface area contributed by atoms with Gasteiger partial charge in [-0.2, -0.15) is 5.10 Å². The van der Waals surface area contributed by atoms with E-state index in [1.807, 2.05) is 23.7 Å². The lowest BCUT2D eigenvalue weighted by Gasteiger charge is -2.07. The Kier molecular flexibility index (Phi) is 1.95. The Morgan fingerprint density at radius 3 is 2.71 bits per heavy atom. The lowest BCUT2D eigenvalue weighted by molar-refractivity contribution is 0.469. The summed E-state index contributed by atoms with van der Waals surface area (Å²) in [6.45, 7) is 6.07. The van der Waals surface area contributed by atoms with Crippen molar-refractivity contribution in [2.45, 2.75) is 26.8 Å². The van der Waals surface area contributed by atoms with Gasteiger partial charge in [-0.1, -0.05) is 12.1 Å². The molecule has 0 aliphatic carbocycles. The largest absolute Gasteiger partial charge is 0.506 e. The Morgan fingerprint density at radius 1 is 1.36 bits per heavy atom. The second-order valence-electron chi connectivity index (χ2n) is 3.80. The molecule has 0 atom stereocenters. The third-order valence-corrected chi connectivity index (χ3v) is 2.38. The summed E-state index contributed by atoms with van der Waals surface area (Å²) in [7, 11) is 0. The van der Waals surface area contributed by atoms with Crippen LogP contribution in [0.4, 0.5) is 0 Å². The van der Waals surface area contributed by atoms with Crippen molar-refractivity contribution in [2.24, 2.45) is 0 Å². The summed E-state index contributed by atoms with van der Waals surface area (Å²) < 4.78 is 1.86. The van der Waals surface area contributed by atoms with E-state index in [1.165, 1.54) is 0 Å². The van der Waals surface area contributed by atoms with Crippen LogP contribution in [0.3, 0.4) is 0 Å². The van der Waals surface area contributed by atoms with E-state index in [-0.39, 0.29) is 6.04 Å². The molecule has 0 bridgehead atoms. The van der Waals surface area contributed by atoms with E-state index in [4.69, 9.17) is 0 Å². The lowest BCUT2D eigenvalue weighted by atomic mass is 10.2. The molecule has 0 saturated heterocycles. The summed E-state index contributed by atoms with van der Waals surface area (Å²) in [6, 6.07) is 5.79. The number of nitrogens with zero attached hydrogens (tertiary/aromatic N) is 2. The maximum Gasteiger partial charge on any atom is 0.141 e. The van der Waals surface area contributed by atoms with Gasteiger partial charge in [0.1, 0.15) is 11.3 Å². The van der Waals surface area contributed by atoms with Crippen LogP contribution in [-0.4, -0.2) is 14.9 Å². The highest BCUT2D eigenvalue weighted by Gasteiger charge is 2.12. The first kappa shape index (κ1) is 9.06. The van der Waals surface area contributed by atoms with Gasteiger partial charge in [-0.05, 0) is 26.8 Å². The molecule has 0 saturated carbocycles. The third kappa shape index (κ3) is 1.16. The molecular weight excluding hydrogens is 176 g/mol. The SMILES string of the molecule is Cc1nn(C(C)C)c2c(O)cccc12. The molecule has 3 heteroatoms. The second kappa shape index (κ2) is 3.01. The quantitative estimate of drug-likeness (QED) is 0.750. The number of aromatic nitrogens is 2. The van der Waals surface area contributed by atoms with Crippen LogP contribution in [0.15, 0.2) is 18.2 Å². The average molecular weight is 190 g/mol. The predicted octanol–water partition coefficient (Wildman–Crippen LogP) is 2.63. The fraction of sp³-hybridized carbons (Fsp3) is 0.364. The van der Waals surface area contributed by atoms with Crippen LogP contribution in [0.5, 0.6) is 5.75 Å². The Bertz CT molecular complexity index is 471. The van der Waals surface area contributed by atoms with Crippen molar-refractivity contribution in [1.29, 1.82) is 0 Å². The minimum absolute atomic E-state index is 0.263. The van der Waals surface area contributed by atoms with Crippen LogP contribution < -0.4 is 0 Å². The second-order valence-corrected chi connectivity index (χ2v) is 3.80. The van der Waals surface area contributed by atoms with Crippen molar-refractivity contribution >= 4 is 10.9 Å². The fourth-order valence-corrected chi connectivity index (χ4v) is 1.70. The molecule has 0 aliphatic rings. The maximum atomic E-state index is 9.75. The van der Waals surface area contributed by atoms with Gasteiger partial charge in [0.2, 0.25) is 0 Å². The molecule has 3 nitrogen and oxygen atoms in total. The Hall–Kier alpha value is -1.51. The highest BCUT2D eigenvalue weighted by molar-refractivity contribution is 5.87. The molecule has 1 aromatic heterocycles. The third-order valence-electron chi connectivity index (χ3n) is 2.38. The van der Waals surface area contributed by atoms with Gasteiger partial charge in [0.05, 0.1) is 5.69 Å². The molecule has 14 heavy (non-hydrogen) atoms. The smallest absolute Gasteiger partial charge is 0.141 e. The number of phenols is 1. The number of aromatic hydroxyl groups is 1. The summed E-state index contributed by atoms with van der Waals surface area (Å²) in [5.41, 5.74) is 1.80. The molecule has 0 aliphatic heterocycles. The molecule has 74 valence electrons. The number of benzene rings is 1. The highest BCUT2D eigenvalue weighted by Crippen LogP contribution is 2.28. The van der Waals surface area contributed by atoms with Crippen LogP contribution >= 0.6 is 0 Å². The van der Waals surface area contributed by atoms with Crippen LogP contribution in [0.1, 0.15) is 25.6 Å².